The number of amides is 1. The van der Waals surface area contributed by atoms with Crippen LogP contribution in [0.2, 0.25) is 0 Å². The molecule has 0 saturated heterocycles. The molecule has 1 aromatic heterocycles. The molecule has 3 rings (SSSR count). The molecule has 2 aromatic carbocycles. The van der Waals surface area contributed by atoms with E-state index in [4.69, 9.17) is 9.47 Å². The molecular weight excluding hydrogens is 368 g/mol. The lowest BCUT2D eigenvalue weighted by Crippen LogP contribution is -2.14. The summed E-state index contributed by atoms with van der Waals surface area (Å²) in [7, 11) is 3.20. The number of benzene rings is 2. The highest BCUT2D eigenvalue weighted by Gasteiger charge is 2.10. The molecule has 0 aliphatic rings. The van der Waals surface area contributed by atoms with E-state index in [1.807, 2.05) is 50.2 Å². The van der Waals surface area contributed by atoms with Gasteiger partial charge in [0.1, 0.15) is 0 Å². The third kappa shape index (κ3) is 4.82. The van der Waals surface area contributed by atoms with E-state index in [0.29, 0.717) is 29.6 Å². The maximum Gasteiger partial charge on any atom is 0.258 e. The topological polar surface area (TPSA) is 85.4 Å². The van der Waals surface area contributed by atoms with Gasteiger partial charge in [-0.05, 0) is 48.7 Å². The second-order valence-corrected chi connectivity index (χ2v) is 6.54. The number of rotatable bonds is 7. The van der Waals surface area contributed by atoms with E-state index in [1.165, 1.54) is 12.4 Å². The number of anilines is 2. The first-order valence-electron chi connectivity index (χ1n) is 9.16. The third-order valence-corrected chi connectivity index (χ3v) is 4.67. The number of aryl methyl sites for hydroxylation is 1. The Balaban J connectivity index is 1.63. The number of carbonyl (C=O) groups is 1. The number of nitrogens with zero attached hydrogens (tertiary/aromatic N) is 2. The molecule has 1 amide bonds. The number of methoxy groups -OCH3 is 2. The molecule has 3 aromatic rings. The predicted molar refractivity (Wildman–Crippen MR) is 113 cm³/mol. The van der Waals surface area contributed by atoms with Crippen molar-refractivity contribution in [2.24, 2.45) is 0 Å². The second kappa shape index (κ2) is 9.05. The van der Waals surface area contributed by atoms with Crippen LogP contribution < -0.4 is 20.1 Å². The van der Waals surface area contributed by atoms with Crippen molar-refractivity contribution < 1.29 is 14.3 Å². The van der Waals surface area contributed by atoms with E-state index in [1.54, 1.807) is 14.2 Å². The Morgan fingerprint density at radius 2 is 1.72 bits per heavy atom. The van der Waals surface area contributed by atoms with Gasteiger partial charge in [0.05, 0.1) is 19.8 Å². The first-order valence-corrected chi connectivity index (χ1v) is 9.16. The minimum Gasteiger partial charge on any atom is -0.493 e. The van der Waals surface area contributed by atoms with Crippen LogP contribution in [0, 0.1) is 13.8 Å². The smallest absolute Gasteiger partial charge is 0.258 e. The summed E-state index contributed by atoms with van der Waals surface area (Å²) < 4.78 is 10.5. The Bertz CT molecular complexity index is 1000. The highest BCUT2D eigenvalue weighted by atomic mass is 16.5. The summed E-state index contributed by atoms with van der Waals surface area (Å²) in [5.41, 5.74) is 4.32. The molecule has 0 unspecified atom stereocenters. The quantitative estimate of drug-likeness (QED) is 0.633. The fourth-order valence-corrected chi connectivity index (χ4v) is 2.79. The van der Waals surface area contributed by atoms with Crippen LogP contribution in [0.5, 0.6) is 11.5 Å². The summed E-state index contributed by atoms with van der Waals surface area (Å²) in [5, 5.41) is 6.03. The van der Waals surface area contributed by atoms with Gasteiger partial charge in [-0.2, -0.15) is 0 Å². The summed E-state index contributed by atoms with van der Waals surface area (Å²) in [5.74, 6) is 1.52. The summed E-state index contributed by atoms with van der Waals surface area (Å²) >= 11 is 0. The van der Waals surface area contributed by atoms with Gasteiger partial charge in [0.25, 0.3) is 5.91 Å². The average Bonchev–Trinajstić information content (AvgIpc) is 2.75. The van der Waals surface area contributed by atoms with Crippen molar-refractivity contribution in [1.82, 2.24) is 9.97 Å². The fraction of sp³-hybridized carbons (Fsp3) is 0.227. The van der Waals surface area contributed by atoms with Crippen LogP contribution in [0.25, 0.3) is 0 Å². The van der Waals surface area contributed by atoms with E-state index in [9.17, 15) is 4.79 Å². The first kappa shape index (κ1) is 20.1. The number of nitrogens with one attached hydrogen (secondary N) is 2. The minimum absolute atomic E-state index is 0.245. The molecule has 150 valence electrons. The van der Waals surface area contributed by atoms with Crippen molar-refractivity contribution in [2.45, 2.75) is 20.4 Å². The summed E-state index contributed by atoms with van der Waals surface area (Å²) in [6, 6.07) is 11.5. The molecular formula is C22H24N4O3. The predicted octanol–water partition coefficient (Wildman–Crippen LogP) is 3.98. The fourth-order valence-electron chi connectivity index (χ4n) is 2.79. The zero-order valence-electron chi connectivity index (χ0n) is 16.9. The second-order valence-electron chi connectivity index (χ2n) is 6.54. The molecule has 0 saturated carbocycles. The molecule has 0 aliphatic carbocycles. The van der Waals surface area contributed by atoms with Crippen molar-refractivity contribution in [3.05, 3.63) is 71.0 Å². The van der Waals surface area contributed by atoms with E-state index < -0.39 is 0 Å². The van der Waals surface area contributed by atoms with Gasteiger partial charge >= 0.3 is 0 Å². The molecule has 0 bridgehead atoms. The van der Waals surface area contributed by atoms with Crippen LogP contribution in [-0.4, -0.2) is 30.1 Å². The maximum atomic E-state index is 12.5. The van der Waals surface area contributed by atoms with Crippen molar-refractivity contribution in [3.8, 4) is 11.5 Å². The summed E-state index contributed by atoms with van der Waals surface area (Å²) in [4.78, 5) is 20.9. The Labute approximate surface area is 170 Å². The molecule has 0 aliphatic heterocycles. The SMILES string of the molecule is COc1ccc(CNc2ncc(C(=O)Nc3cccc(C)c3C)cn2)cc1OC. The lowest BCUT2D eigenvalue weighted by Gasteiger charge is -2.11. The molecule has 7 nitrogen and oxygen atoms in total. The Hall–Kier alpha value is -3.61. The van der Waals surface area contributed by atoms with Crippen LogP contribution in [0.15, 0.2) is 48.8 Å². The maximum absolute atomic E-state index is 12.5. The van der Waals surface area contributed by atoms with Gasteiger partial charge < -0.3 is 20.1 Å². The number of aromatic nitrogens is 2. The van der Waals surface area contributed by atoms with Crippen molar-refractivity contribution in [3.63, 3.8) is 0 Å². The molecule has 0 fully saturated rings. The number of ether oxygens (including phenoxy) is 2. The first-order chi connectivity index (χ1) is 14.0. The molecule has 0 spiro atoms. The summed E-state index contributed by atoms with van der Waals surface area (Å²) in [6.07, 6.45) is 3.01. The van der Waals surface area contributed by atoms with E-state index in [2.05, 4.69) is 20.6 Å². The van der Waals surface area contributed by atoms with Crippen LogP contribution in [0.1, 0.15) is 27.0 Å². The lowest BCUT2D eigenvalue weighted by atomic mass is 10.1. The molecule has 2 N–H and O–H groups in total. The van der Waals surface area contributed by atoms with Gasteiger partial charge in [0.15, 0.2) is 11.5 Å². The van der Waals surface area contributed by atoms with Gasteiger partial charge in [0.2, 0.25) is 5.95 Å². The molecule has 29 heavy (non-hydrogen) atoms. The molecule has 0 radical (unpaired) electrons. The number of carbonyl (C=O) groups excluding carboxylic acids is 1. The minimum atomic E-state index is -0.245. The Morgan fingerprint density at radius 3 is 2.41 bits per heavy atom. The van der Waals surface area contributed by atoms with Gasteiger partial charge in [-0.3, -0.25) is 4.79 Å². The molecule has 1 heterocycles. The van der Waals surface area contributed by atoms with Crippen molar-refractivity contribution >= 4 is 17.5 Å². The Morgan fingerprint density at radius 1 is 1.00 bits per heavy atom. The van der Waals surface area contributed by atoms with Gasteiger partial charge in [-0.15, -0.1) is 0 Å². The zero-order valence-corrected chi connectivity index (χ0v) is 16.9. The van der Waals surface area contributed by atoms with E-state index in [0.717, 1.165) is 22.4 Å². The highest BCUT2D eigenvalue weighted by Crippen LogP contribution is 2.27. The van der Waals surface area contributed by atoms with Crippen LogP contribution in [0.3, 0.4) is 0 Å². The van der Waals surface area contributed by atoms with Crippen molar-refractivity contribution in [2.75, 3.05) is 24.9 Å². The van der Waals surface area contributed by atoms with Crippen molar-refractivity contribution in [1.29, 1.82) is 0 Å². The monoisotopic (exact) mass is 392 g/mol. The summed E-state index contributed by atoms with van der Waals surface area (Å²) in [6.45, 7) is 4.49. The standard InChI is InChI=1S/C22H24N4O3/c1-14-6-5-7-18(15(14)2)26-21(27)17-12-24-22(25-13-17)23-11-16-8-9-19(28-3)20(10-16)29-4/h5-10,12-13H,11H2,1-4H3,(H,26,27)(H,23,24,25). The van der Waals surface area contributed by atoms with Gasteiger partial charge in [0, 0.05) is 24.6 Å². The molecule has 7 heteroatoms. The lowest BCUT2D eigenvalue weighted by molar-refractivity contribution is 0.102. The van der Waals surface area contributed by atoms with Crippen LogP contribution >= 0.6 is 0 Å². The number of hydrogen-bond acceptors (Lipinski definition) is 6. The zero-order chi connectivity index (χ0) is 20.8. The van der Waals surface area contributed by atoms with Crippen LogP contribution in [-0.2, 0) is 6.54 Å². The average molecular weight is 392 g/mol. The van der Waals surface area contributed by atoms with Crippen LogP contribution in [0.4, 0.5) is 11.6 Å². The highest BCUT2D eigenvalue weighted by molar-refractivity contribution is 6.04. The van der Waals surface area contributed by atoms with Gasteiger partial charge in [-0.1, -0.05) is 18.2 Å². The molecule has 0 atom stereocenters. The van der Waals surface area contributed by atoms with E-state index >= 15 is 0 Å². The normalized spacial score (nSPS) is 10.3. The number of hydrogen-bond donors (Lipinski definition) is 2. The van der Waals surface area contributed by atoms with Gasteiger partial charge in [-0.25, -0.2) is 9.97 Å². The third-order valence-electron chi connectivity index (χ3n) is 4.67. The largest absolute Gasteiger partial charge is 0.493 e. The Kier molecular flexibility index (Phi) is 6.29. The van der Waals surface area contributed by atoms with E-state index in [-0.39, 0.29) is 5.91 Å².